The standard InChI is InChI=1S/C18H19N3O2S/c1-12-4-2-3-5-13(12)14-11-24-18-16(14)17(22)19-15(20-18)10-21-6-8-23-9-7-21/h2-5,11H,6-10H2,1H3,(H,19,20,22). The SMILES string of the molecule is Cc1ccccc1-c1csc2nc(CN3CCOCC3)[nH]c(=O)c12. The van der Waals surface area contributed by atoms with Gasteiger partial charge in [0.2, 0.25) is 0 Å². The number of ether oxygens (including phenoxy) is 1. The Morgan fingerprint density at radius 1 is 1.25 bits per heavy atom. The number of benzene rings is 1. The first-order chi connectivity index (χ1) is 11.7. The van der Waals surface area contributed by atoms with Crippen molar-refractivity contribution >= 4 is 21.6 Å². The lowest BCUT2D eigenvalue weighted by atomic mass is 10.0. The van der Waals surface area contributed by atoms with Crippen LogP contribution in [0.2, 0.25) is 0 Å². The third-order valence-electron chi connectivity index (χ3n) is 4.41. The minimum atomic E-state index is -0.0530. The van der Waals surface area contributed by atoms with Gasteiger partial charge in [-0.25, -0.2) is 4.98 Å². The third-order valence-corrected chi connectivity index (χ3v) is 5.28. The minimum Gasteiger partial charge on any atom is -0.379 e. The van der Waals surface area contributed by atoms with Crippen LogP contribution in [0.25, 0.3) is 21.3 Å². The molecule has 0 saturated carbocycles. The van der Waals surface area contributed by atoms with Crippen molar-refractivity contribution in [2.45, 2.75) is 13.5 Å². The van der Waals surface area contributed by atoms with Crippen LogP contribution < -0.4 is 5.56 Å². The average Bonchev–Trinajstić information content (AvgIpc) is 3.00. The molecule has 124 valence electrons. The first-order valence-corrected chi connectivity index (χ1v) is 8.97. The Labute approximate surface area is 143 Å². The molecule has 0 aliphatic carbocycles. The maximum absolute atomic E-state index is 12.7. The summed E-state index contributed by atoms with van der Waals surface area (Å²) in [5, 5.41) is 2.73. The fourth-order valence-corrected chi connectivity index (χ4v) is 4.07. The topological polar surface area (TPSA) is 58.2 Å². The van der Waals surface area contributed by atoms with E-state index in [2.05, 4.69) is 33.9 Å². The molecule has 5 nitrogen and oxygen atoms in total. The quantitative estimate of drug-likeness (QED) is 0.796. The van der Waals surface area contributed by atoms with E-state index in [1.54, 1.807) is 0 Å². The van der Waals surface area contributed by atoms with Crippen molar-refractivity contribution in [3.8, 4) is 11.1 Å². The van der Waals surface area contributed by atoms with Crippen LogP contribution in [0.15, 0.2) is 34.4 Å². The van der Waals surface area contributed by atoms with Gasteiger partial charge in [-0.1, -0.05) is 24.3 Å². The molecule has 1 aliphatic heterocycles. The molecule has 1 fully saturated rings. The molecule has 0 amide bonds. The molecule has 0 atom stereocenters. The monoisotopic (exact) mass is 341 g/mol. The summed E-state index contributed by atoms with van der Waals surface area (Å²) < 4.78 is 5.36. The van der Waals surface area contributed by atoms with Crippen molar-refractivity contribution in [2.75, 3.05) is 26.3 Å². The maximum atomic E-state index is 12.7. The zero-order valence-electron chi connectivity index (χ0n) is 13.5. The van der Waals surface area contributed by atoms with Crippen LogP contribution in [0.5, 0.6) is 0 Å². The van der Waals surface area contributed by atoms with Gasteiger partial charge in [-0.3, -0.25) is 9.69 Å². The van der Waals surface area contributed by atoms with Crippen molar-refractivity contribution in [3.63, 3.8) is 0 Å². The van der Waals surface area contributed by atoms with Gasteiger partial charge in [0.05, 0.1) is 25.1 Å². The van der Waals surface area contributed by atoms with E-state index in [0.29, 0.717) is 11.9 Å². The van der Waals surface area contributed by atoms with E-state index >= 15 is 0 Å². The first-order valence-electron chi connectivity index (χ1n) is 8.09. The highest BCUT2D eigenvalue weighted by Gasteiger charge is 2.16. The summed E-state index contributed by atoms with van der Waals surface area (Å²) in [7, 11) is 0. The Morgan fingerprint density at radius 3 is 2.83 bits per heavy atom. The number of H-pyrrole nitrogens is 1. The number of rotatable bonds is 3. The highest BCUT2D eigenvalue weighted by Crippen LogP contribution is 2.32. The lowest BCUT2D eigenvalue weighted by Crippen LogP contribution is -2.36. The van der Waals surface area contributed by atoms with E-state index in [0.717, 1.165) is 53.6 Å². The lowest BCUT2D eigenvalue weighted by molar-refractivity contribution is 0.0331. The van der Waals surface area contributed by atoms with Crippen molar-refractivity contribution in [1.82, 2.24) is 14.9 Å². The van der Waals surface area contributed by atoms with Crippen LogP contribution >= 0.6 is 11.3 Å². The predicted molar refractivity (Wildman–Crippen MR) is 96.5 cm³/mol. The molecular formula is C18H19N3O2S. The third kappa shape index (κ3) is 2.88. The summed E-state index contributed by atoms with van der Waals surface area (Å²) in [6, 6.07) is 8.13. The number of aromatic nitrogens is 2. The second kappa shape index (κ2) is 6.47. The number of thiophene rings is 1. The summed E-state index contributed by atoms with van der Waals surface area (Å²) >= 11 is 1.53. The summed E-state index contributed by atoms with van der Waals surface area (Å²) in [4.78, 5) is 23.4. The number of nitrogens with one attached hydrogen (secondary N) is 1. The van der Waals surface area contributed by atoms with Gasteiger partial charge in [0.1, 0.15) is 10.7 Å². The van der Waals surface area contributed by atoms with E-state index < -0.39 is 0 Å². The molecule has 1 aliphatic rings. The van der Waals surface area contributed by atoms with E-state index in [1.165, 1.54) is 11.3 Å². The van der Waals surface area contributed by atoms with Gasteiger partial charge in [0.25, 0.3) is 5.56 Å². The number of hydrogen-bond donors (Lipinski definition) is 1. The summed E-state index contributed by atoms with van der Waals surface area (Å²) in [6.07, 6.45) is 0. The molecule has 0 spiro atoms. The zero-order valence-corrected chi connectivity index (χ0v) is 14.4. The fourth-order valence-electron chi connectivity index (χ4n) is 3.11. The zero-order chi connectivity index (χ0) is 16.5. The summed E-state index contributed by atoms with van der Waals surface area (Å²) in [5.41, 5.74) is 3.17. The molecule has 4 rings (SSSR count). The number of hydrogen-bond acceptors (Lipinski definition) is 5. The average molecular weight is 341 g/mol. The highest BCUT2D eigenvalue weighted by molar-refractivity contribution is 7.17. The molecule has 1 N–H and O–H groups in total. The molecule has 1 saturated heterocycles. The Hall–Kier alpha value is -2.02. The van der Waals surface area contributed by atoms with Crippen molar-refractivity contribution < 1.29 is 4.74 Å². The van der Waals surface area contributed by atoms with Crippen molar-refractivity contribution in [3.05, 3.63) is 51.4 Å². The normalized spacial score (nSPS) is 15.9. The minimum absolute atomic E-state index is 0.0530. The largest absolute Gasteiger partial charge is 0.379 e. The van der Waals surface area contributed by atoms with Gasteiger partial charge in [0.15, 0.2) is 0 Å². The van der Waals surface area contributed by atoms with Gasteiger partial charge in [-0.15, -0.1) is 11.3 Å². The molecule has 3 aromatic rings. The van der Waals surface area contributed by atoms with Gasteiger partial charge >= 0.3 is 0 Å². The molecule has 1 aromatic carbocycles. The maximum Gasteiger partial charge on any atom is 0.260 e. The summed E-state index contributed by atoms with van der Waals surface area (Å²) in [6.45, 7) is 5.95. The predicted octanol–water partition coefficient (Wildman–Crippen LogP) is 2.79. The van der Waals surface area contributed by atoms with Crippen LogP contribution in [-0.2, 0) is 11.3 Å². The van der Waals surface area contributed by atoms with Crippen LogP contribution in [0, 0.1) is 6.92 Å². The fraction of sp³-hybridized carbons (Fsp3) is 0.333. The highest BCUT2D eigenvalue weighted by atomic mass is 32.1. The Morgan fingerprint density at radius 2 is 2.04 bits per heavy atom. The molecular weight excluding hydrogens is 322 g/mol. The van der Waals surface area contributed by atoms with Gasteiger partial charge in [-0.2, -0.15) is 0 Å². The van der Waals surface area contributed by atoms with Crippen LogP contribution in [0.4, 0.5) is 0 Å². The van der Waals surface area contributed by atoms with Gasteiger partial charge < -0.3 is 9.72 Å². The van der Waals surface area contributed by atoms with E-state index in [1.807, 2.05) is 17.5 Å². The molecule has 6 heteroatoms. The summed E-state index contributed by atoms with van der Waals surface area (Å²) in [5.74, 6) is 0.729. The lowest BCUT2D eigenvalue weighted by Gasteiger charge is -2.25. The van der Waals surface area contributed by atoms with E-state index in [4.69, 9.17) is 4.74 Å². The smallest absolute Gasteiger partial charge is 0.260 e. The van der Waals surface area contributed by atoms with Crippen LogP contribution in [0.3, 0.4) is 0 Å². The Kier molecular flexibility index (Phi) is 4.18. The molecule has 3 heterocycles. The van der Waals surface area contributed by atoms with E-state index in [-0.39, 0.29) is 5.56 Å². The number of nitrogens with zero attached hydrogens (tertiary/aromatic N) is 2. The van der Waals surface area contributed by atoms with Gasteiger partial charge in [-0.05, 0) is 18.1 Å². The molecule has 24 heavy (non-hydrogen) atoms. The molecule has 2 aromatic heterocycles. The number of aromatic amines is 1. The van der Waals surface area contributed by atoms with E-state index in [9.17, 15) is 4.79 Å². The number of morpholine rings is 1. The van der Waals surface area contributed by atoms with Crippen LogP contribution in [0.1, 0.15) is 11.4 Å². The second-order valence-corrected chi connectivity index (χ2v) is 6.90. The van der Waals surface area contributed by atoms with Crippen molar-refractivity contribution in [1.29, 1.82) is 0 Å². The molecule has 0 bridgehead atoms. The molecule has 0 radical (unpaired) electrons. The first kappa shape index (κ1) is 15.5. The number of aryl methyl sites for hydroxylation is 1. The Bertz CT molecular complexity index is 925. The molecule has 0 unspecified atom stereocenters. The Balaban J connectivity index is 1.73. The van der Waals surface area contributed by atoms with Gasteiger partial charge in [0, 0.05) is 24.0 Å². The van der Waals surface area contributed by atoms with Crippen LogP contribution in [-0.4, -0.2) is 41.2 Å². The van der Waals surface area contributed by atoms with Crippen molar-refractivity contribution in [2.24, 2.45) is 0 Å². The number of fused-ring (bicyclic) bond motifs is 1. The second-order valence-electron chi connectivity index (χ2n) is 6.05.